The number of rotatable bonds is 13. The predicted molar refractivity (Wildman–Crippen MR) is 214 cm³/mol. The molecule has 5 aromatic rings. The Hall–Kier alpha value is -5.40. The summed E-state index contributed by atoms with van der Waals surface area (Å²) < 4.78 is 64.1. The van der Waals surface area contributed by atoms with Crippen LogP contribution in [0.15, 0.2) is 50.7 Å². The van der Waals surface area contributed by atoms with Crippen LogP contribution in [-0.2, 0) is 42.0 Å². The molecule has 5 heterocycles. The fraction of sp³-hybridized carbons (Fsp3) is 0.537. The molecule has 0 bridgehead atoms. The smallest absolute Gasteiger partial charge is 0.454 e. The molecule has 0 aliphatic carbocycles. The minimum atomic E-state index is -2.39. The maximum atomic E-state index is 16.2. The van der Waals surface area contributed by atoms with Crippen molar-refractivity contribution < 1.29 is 50.3 Å². The molecule has 1 saturated heterocycles. The summed E-state index contributed by atoms with van der Waals surface area (Å²) in [5.41, 5.74) is 0.520. The van der Waals surface area contributed by atoms with E-state index in [0.717, 1.165) is 15.7 Å². The summed E-state index contributed by atoms with van der Waals surface area (Å²) in [4.78, 5) is 63.2. The summed E-state index contributed by atoms with van der Waals surface area (Å²) in [6, 6.07) is 3.75. The third-order valence-electron chi connectivity index (χ3n) is 11.2. The first-order valence-corrected chi connectivity index (χ1v) is 22.4. The quantitative estimate of drug-likeness (QED) is 0.0547. The van der Waals surface area contributed by atoms with E-state index in [1.165, 1.54) is 31.7 Å². The zero-order valence-corrected chi connectivity index (χ0v) is 37.1. The van der Waals surface area contributed by atoms with Crippen LogP contribution >= 0.6 is 0 Å². The Balaban J connectivity index is 1.37. The Bertz CT molecular complexity index is 2640. The van der Waals surface area contributed by atoms with Gasteiger partial charge in [0.15, 0.2) is 42.1 Å². The lowest BCUT2D eigenvalue weighted by molar-refractivity contribution is -0.165. The summed E-state index contributed by atoms with van der Waals surface area (Å²) in [6.45, 7) is 21.8. The maximum absolute atomic E-state index is 16.2. The van der Waals surface area contributed by atoms with Crippen molar-refractivity contribution in [1.29, 1.82) is 0 Å². The van der Waals surface area contributed by atoms with Crippen LogP contribution in [0.5, 0.6) is 5.75 Å². The normalized spacial score (nSPS) is 17.8. The van der Waals surface area contributed by atoms with E-state index in [-0.39, 0.29) is 83.9 Å². The van der Waals surface area contributed by atoms with Gasteiger partial charge in [0.05, 0.1) is 32.5 Å². The molecule has 1 fully saturated rings. The van der Waals surface area contributed by atoms with Gasteiger partial charge in [-0.05, 0) is 63.0 Å². The van der Waals surface area contributed by atoms with Gasteiger partial charge in [-0.25, -0.2) is 14.6 Å². The van der Waals surface area contributed by atoms with E-state index in [9.17, 15) is 19.2 Å². The highest BCUT2D eigenvalue weighted by atomic mass is 28.4. The molecule has 1 unspecified atom stereocenters. The van der Waals surface area contributed by atoms with Crippen molar-refractivity contribution in [3.63, 3.8) is 0 Å². The van der Waals surface area contributed by atoms with E-state index in [1.807, 2.05) is 33.8 Å². The van der Waals surface area contributed by atoms with Gasteiger partial charge >= 0.3 is 23.6 Å². The standard InChI is InChI=1S/C41H52FN5O12Si/c1-22-13-23(2)32(27(14-22)56-26(5)48)40(9,10)16-31(49)59-41(20-53-60(11,12)39(6,7)8)15-30(52-19-41)47-21-44-33-34(43-17-28-24(3)54-37(50)57-28)46(36(42)45-35(33)47)18-29-25(4)55-38(51)58-29/h13-14,21,30H,15-20H2,1-12H3/t30-,41?/m1/s1. The van der Waals surface area contributed by atoms with Gasteiger partial charge in [-0.3, -0.25) is 23.7 Å². The maximum Gasteiger partial charge on any atom is 0.519 e. The molecule has 17 nitrogen and oxygen atoms in total. The Morgan fingerprint density at radius 1 is 1.00 bits per heavy atom. The second-order valence-corrected chi connectivity index (χ2v) is 22.4. The zero-order chi connectivity index (χ0) is 44.1. The molecule has 4 aromatic heterocycles. The highest BCUT2D eigenvalue weighted by Crippen LogP contribution is 2.43. The minimum Gasteiger partial charge on any atom is -0.454 e. The van der Waals surface area contributed by atoms with E-state index in [2.05, 4.69) is 48.8 Å². The van der Waals surface area contributed by atoms with Crippen LogP contribution in [0.1, 0.15) is 100 Å². The van der Waals surface area contributed by atoms with Gasteiger partial charge in [-0.15, -0.1) is 0 Å². The van der Waals surface area contributed by atoms with Crippen LogP contribution in [-0.4, -0.2) is 58.2 Å². The Kier molecular flexibility index (Phi) is 11.9. The summed E-state index contributed by atoms with van der Waals surface area (Å²) in [6.07, 6.45) is -0.437. The van der Waals surface area contributed by atoms with Gasteiger partial charge in [0.25, 0.3) is 6.08 Å². The first kappa shape index (κ1) is 44.2. The molecule has 1 aromatic carbocycles. The summed E-state index contributed by atoms with van der Waals surface area (Å²) in [5.74, 6) is -2.04. The Morgan fingerprint density at radius 3 is 2.25 bits per heavy atom. The molecule has 0 spiro atoms. The molecule has 324 valence electrons. The van der Waals surface area contributed by atoms with Crippen molar-refractivity contribution in [1.82, 2.24) is 19.1 Å². The summed E-state index contributed by atoms with van der Waals surface area (Å²) in [7, 11) is -2.39. The SMILES string of the molecule is CC(=O)Oc1cc(C)cc(C)c1C(C)(C)CC(=O)OC1(CO[Si](C)(C)C(C)(C)C)CO[C@@H](n2cnc3c(=NCc4oc(=O)oc4C)n(Cc4oc(=O)oc4C)c(F)nc32)C1. The van der Waals surface area contributed by atoms with Crippen LogP contribution < -0.4 is 21.9 Å². The highest BCUT2D eigenvalue weighted by molar-refractivity contribution is 6.74. The number of benzene rings is 1. The average molecular weight is 854 g/mol. The second-order valence-electron chi connectivity index (χ2n) is 17.6. The van der Waals surface area contributed by atoms with Gasteiger partial charge in [-0.1, -0.05) is 40.7 Å². The number of ether oxygens (including phenoxy) is 3. The Labute approximate surface area is 345 Å². The van der Waals surface area contributed by atoms with E-state index < -0.39 is 55.2 Å². The Morgan fingerprint density at radius 2 is 1.65 bits per heavy atom. The molecular formula is C41H52FN5O12Si. The number of carbonyl (C=O) groups excluding carboxylic acids is 2. The molecule has 0 amide bonds. The number of hydrogen-bond acceptors (Lipinski definition) is 15. The van der Waals surface area contributed by atoms with Crippen LogP contribution in [0.25, 0.3) is 11.2 Å². The van der Waals surface area contributed by atoms with Crippen molar-refractivity contribution >= 4 is 31.4 Å². The predicted octanol–water partition coefficient (Wildman–Crippen LogP) is 6.36. The van der Waals surface area contributed by atoms with Crippen molar-refractivity contribution in [2.75, 3.05) is 13.2 Å². The molecular weight excluding hydrogens is 802 g/mol. The van der Waals surface area contributed by atoms with Crippen LogP contribution in [0.2, 0.25) is 18.1 Å². The lowest BCUT2D eigenvalue weighted by atomic mass is 9.78. The van der Waals surface area contributed by atoms with Gasteiger partial charge in [0.2, 0.25) is 0 Å². The molecule has 1 aliphatic heterocycles. The highest BCUT2D eigenvalue weighted by Gasteiger charge is 2.49. The van der Waals surface area contributed by atoms with Crippen molar-refractivity contribution in [2.24, 2.45) is 4.99 Å². The molecule has 0 N–H and O–H groups in total. The van der Waals surface area contributed by atoms with Gasteiger partial charge in [0, 0.05) is 24.3 Å². The number of fused-ring (bicyclic) bond motifs is 1. The third-order valence-corrected chi connectivity index (χ3v) is 15.7. The van der Waals surface area contributed by atoms with E-state index in [1.54, 1.807) is 6.07 Å². The van der Waals surface area contributed by atoms with Crippen LogP contribution in [0, 0.1) is 33.8 Å². The number of carbonyl (C=O) groups is 2. The number of aryl methyl sites for hydroxylation is 4. The lowest BCUT2D eigenvalue weighted by Gasteiger charge is -2.39. The number of nitrogens with zero attached hydrogens (tertiary/aromatic N) is 5. The number of imidazole rings is 1. The first-order valence-electron chi connectivity index (χ1n) is 19.5. The fourth-order valence-corrected chi connectivity index (χ4v) is 8.23. The van der Waals surface area contributed by atoms with Crippen LogP contribution in [0.4, 0.5) is 4.39 Å². The summed E-state index contributed by atoms with van der Waals surface area (Å²) >= 11 is 0. The zero-order valence-electron chi connectivity index (χ0n) is 36.1. The van der Waals surface area contributed by atoms with Gasteiger partial charge in [-0.2, -0.15) is 9.37 Å². The third kappa shape index (κ3) is 9.17. The number of esters is 2. The van der Waals surface area contributed by atoms with E-state index >= 15 is 4.39 Å². The summed E-state index contributed by atoms with van der Waals surface area (Å²) in [5, 5.41) is -0.165. The number of halogens is 1. The number of aromatic nitrogens is 4. The molecule has 60 heavy (non-hydrogen) atoms. The monoisotopic (exact) mass is 853 g/mol. The largest absolute Gasteiger partial charge is 0.519 e. The van der Waals surface area contributed by atoms with Gasteiger partial charge in [0.1, 0.15) is 30.0 Å². The molecule has 19 heteroatoms. The first-order chi connectivity index (χ1) is 27.9. The van der Waals surface area contributed by atoms with Crippen molar-refractivity contribution in [3.8, 4) is 5.75 Å². The molecule has 0 saturated carbocycles. The lowest BCUT2D eigenvalue weighted by Crippen LogP contribution is -2.48. The van der Waals surface area contributed by atoms with E-state index in [0.29, 0.717) is 11.3 Å². The molecule has 0 radical (unpaired) electrons. The topological polar surface area (TPSA) is 206 Å². The molecule has 2 atom stereocenters. The van der Waals surface area contributed by atoms with Gasteiger partial charge < -0.3 is 36.3 Å². The second kappa shape index (κ2) is 16.2. The molecule has 6 rings (SSSR count). The molecule has 1 aliphatic rings. The van der Waals surface area contributed by atoms with Crippen molar-refractivity contribution in [2.45, 2.75) is 131 Å². The van der Waals surface area contributed by atoms with Crippen molar-refractivity contribution in [3.05, 3.63) is 91.0 Å². The average Bonchev–Trinajstić information content (AvgIpc) is 3.87. The van der Waals surface area contributed by atoms with E-state index in [4.69, 9.17) is 36.3 Å². The number of hydrogen-bond donors (Lipinski definition) is 0. The minimum absolute atomic E-state index is 0.0218. The van der Waals surface area contributed by atoms with Crippen LogP contribution in [0.3, 0.4) is 0 Å². The fourth-order valence-electron chi connectivity index (χ4n) is 7.18.